The van der Waals surface area contributed by atoms with E-state index in [1.54, 1.807) is 25.3 Å². The fourth-order valence-corrected chi connectivity index (χ4v) is 5.43. The predicted octanol–water partition coefficient (Wildman–Crippen LogP) is 7.38. The molecule has 0 spiro atoms. The Morgan fingerprint density at radius 2 is 1.75 bits per heavy atom. The summed E-state index contributed by atoms with van der Waals surface area (Å²) in [5.74, 6) is 0.628. The van der Waals surface area contributed by atoms with Crippen molar-refractivity contribution in [1.82, 2.24) is 0 Å². The summed E-state index contributed by atoms with van der Waals surface area (Å²) in [6, 6.07) is 26.5. The van der Waals surface area contributed by atoms with Crippen LogP contribution in [0.25, 0.3) is 11.0 Å². The third-order valence-electron chi connectivity index (χ3n) is 7.97. The van der Waals surface area contributed by atoms with Crippen molar-refractivity contribution < 1.29 is 28.2 Å². The molecule has 0 saturated carbocycles. The molecular weight excluding hydrogens is 556 g/mol. The topological polar surface area (TPSA) is 117 Å². The number of methoxy groups -OCH3 is 1. The quantitative estimate of drug-likeness (QED) is 0.155. The Kier molecular flexibility index (Phi) is 7.46. The van der Waals surface area contributed by atoms with Gasteiger partial charge in [-0.25, -0.2) is 4.79 Å². The van der Waals surface area contributed by atoms with E-state index >= 15 is 0 Å². The summed E-state index contributed by atoms with van der Waals surface area (Å²) in [6.45, 7) is 6.16. The summed E-state index contributed by atoms with van der Waals surface area (Å²) in [5.41, 5.74) is 12.4. The molecule has 0 aliphatic carbocycles. The van der Waals surface area contributed by atoms with E-state index in [1.165, 1.54) is 0 Å². The molecule has 2 N–H and O–H groups in total. The highest BCUT2D eigenvalue weighted by molar-refractivity contribution is 5.98. The van der Waals surface area contributed by atoms with Crippen LogP contribution in [0, 0.1) is 32.1 Å². The second-order valence-corrected chi connectivity index (χ2v) is 10.6. The first kappa shape index (κ1) is 28.4. The largest absolute Gasteiger partial charge is 0.493 e. The van der Waals surface area contributed by atoms with Crippen molar-refractivity contribution in [2.24, 2.45) is 5.73 Å². The van der Waals surface area contributed by atoms with Crippen LogP contribution in [0.4, 0.5) is 0 Å². The number of nitriles is 1. The van der Waals surface area contributed by atoms with Crippen molar-refractivity contribution in [2.45, 2.75) is 33.3 Å². The zero-order chi connectivity index (χ0) is 31.0. The molecule has 0 saturated heterocycles. The van der Waals surface area contributed by atoms with Gasteiger partial charge in [0.1, 0.15) is 35.3 Å². The van der Waals surface area contributed by atoms with Gasteiger partial charge in [-0.2, -0.15) is 5.26 Å². The first-order chi connectivity index (χ1) is 21.3. The Bertz CT molecular complexity index is 1980. The third kappa shape index (κ3) is 5.09. The van der Waals surface area contributed by atoms with E-state index in [9.17, 15) is 10.1 Å². The van der Waals surface area contributed by atoms with Gasteiger partial charge in [-0.15, -0.1) is 0 Å². The highest BCUT2D eigenvalue weighted by Crippen LogP contribution is 2.45. The summed E-state index contributed by atoms with van der Waals surface area (Å²) in [5, 5.41) is 10.9. The summed E-state index contributed by atoms with van der Waals surface area (Å²) in [7, 11) is 1.56. The number of furan rings is 1. The molecule has 44 heavy (non-hydrogen) atoms. The third-order valence-corrected chi connectivity index (χ3v) is 7.97. The van der Waals surface area contributed by atoms with E-state index in [4.69, 9.17) is 29.1 Å². The van der Waals surface area contributed by atoms with Gasteiger partial charge >= 0.3 is 5.97 Å². The first-order valence-corrected chi connectivity index (χ1v) is 14.1. The molecule has 5 aromatic rings. The maximum absolute atomic E-state index is 13.2. The Balaban J connectivity index is 1.29. The number of nitrogens with two attached hydrogens (primary N) is 1. The lowest BCUT2D eigenvalue weighted by Gasteiger charge is -2.27. The number of benzene rings is 4. The van der Waals surface area contributed by atoms with E-state index in [0.717, 1.165) is 27.6 Å². The van der Waals surface area contributed by atoms with Gasteiger partial charge in [-0.05, 0) is 61.2 Å². The predicted molar refractivity (Wildman–Crippen MR) is 165 cm³/mol. The van der Waals surface area contributed by atoms with Crippen molar-refractivity contribution in [2.75, 3.05) is 7.11 Å². The van der Waals surface area contributed by atoms with E-state index in [0.29, 0.717) is 40.6 Å². The molecule has 6 rings (SSSR count). The minimum Gasteiger partial charge on any atom is -0.493 e. The van der Waals surface area contributed by atoms with Crippen LogP contribution in [-0.4, -0.2) is 13.1 Å². The lowest BCUT2D eigenvalue weighted by Crippen LogP contribution is -2.21. The highest BCUT2D eigenvalue weighted by atomic mass is 16.5. The van der Waals surface area contributed by atoms with Crippen LogP contribution in [0.3, 0.4) is 0 Å². The van der Waals surface area contributed by atoms with E-state index in [1.807, 2.05) is 81.4 Å². The fraction of sp³-hybridized carbons (Fsp3) is 0.167. The Morgan fingerprint density at radius 3 is 2.50 bits per heavy atom. The second kappa shape index (κ2) is 11.5. The van der Waals surface area contributed by atoms with Crippen molar-refractivity contribution in [3.05, 3.63) is 129 Å². The molecule has 1 aliphatic heterocycles. The molecule has 8 heteroatoms. The van der Waals surface area contributed by atoms with Crippen molar-refractivity contribution >= 4 is 16.9 Å². The molecule has 8 nitrogen and oxygen atoms in total. The van der Waals surface area contributed by atoms with Crippen LogP contribution >= 0.6 is 0 Å². The minimum atomic E-state index is -0.625. The van der Waals surface area contributed by atoms with Gasteiger partial charge in [0.25, 0.3) is 0 Å². The van der Waals surface area contributed by atoms with Gasteiger partial charge in [0.05, 0.1) is 13.0 Å². The van der Waals surface area contributed by atoms with Crippen LogP contribution in [-0.2, 0) is 6.61 Å². The number of rotatable bonds is 7. The van der Waals surface area contributed by atoms with Gasteiger partial charge < -0.3 is 29.1 Å². The van der Waals surface area contributed by atoms with E-state index in [-0.39, 0.29) is 23.0 Å². The fourth-order valence-electron chi connectivity index (χ4n) is 5.43. The Labute approximate surface area is 254 Å². The average Bonchev–Trinajstić information content (AvgIpc) is 3.38. The molecule has 1 aromatic heterocycles. The zero-order valence-corrected chi connectivity index (χ0v) is 24.8. The molecular formula is C36H30N2O6. The number of allylic oxidation sites excluding steroid dienone is 1. The molecule has 0 radical (unpaired) electrons. The van der Waals surface area contributed by atoms with Crippen LogP contribution in [0.1, 0.15) is 49.9 Å². The number of aryl methyl sites for hydroxylation is 3. The van der Waals surface area contributed by atoms with Crippen molar-refractivity contribution in [3.8, 4) is 29.1 Å². The lowest BCUT2D eigenvalue weighted by atomic mass is 9.83. The van der Waals surface area contributed by atoms with Crippen LogP contribution in [0.5, 0.6) is 23.0 Å². The van der Waals surface area contributed by atoms with Gasteiger partial charge in [-0.1, -0.05) is 54.6 Å². The number of fused-ring (bicyclic) bond motifs is 2. The molecule has 1 unspecified atom stereocenters. The number of ether oxygens (including phenoxy) is 4. The molecule has 220 valence electrons. The average molecular weight is 587 g/mol. The SMILES string of the molecule is COc1cc(C2C(C#N)=C(N)Oc3cc(OC(=O)c4oc5c(C)c(C)ccc5c4C)ccc32)ccc1OCc1ccccc1. The lowest BCUT2D eigenvalue weighted by molar-refractivity contribution is 0.0702. The number of esters is 1. The Hall–Kier alpha value is -5.68. The number of hydrogen-bond donors (Lipinski definition) is 1. The standard InChI is InChI=1S/C36H30N2O6/c1-20-10-13-26-22(3)34(44-33(26)21(20)2)36(39)42-25-12-14-27-30(17-25)43-35(38)28(18-37)32(27)24-11-15-29(31(16-24)40-4)41-19-23-8-6-5-7-9-23/h5-17,32H,19,38H2,1-4H3. The Morgan fingerprint density at radius 1 is 0.955 bits per heavy atom. The van der Waals surface area contributed by atoms with Gasteiger partial charge in [0.15, 0.2) is 11.5 Å². The number of carbonyl (C=O) groups is 1. The smallest absolute Gasteiger partial charge is 0.379 e. The molecule has 1 atom stereocenters. The molecule has 2 heterocycles. The number of hydrogen-bond acceptors (Lipinski definition) is 8. The molecule has 4 aromatic carbocycles. The van der Waals surface area contributed by atoms with E-state index in [2.05, 4.69) is 6.07 Å². The summed E-state index contributed by atoms with van der Waals surface area (Å²) < 4.78 is 29.2. The van der Waals surface area contributed by atoms with Crippen molar-refractivity contribution in [1.29, 1.82) is 5.26 Å². The molecule has 1 aliphatic rings. The maximum atomic E-state index is 13.2. The molecule has 0 amide bonds. The molecule has 0 fully saturated rings. The van der Waals surface area contributed by atoms with Gasteiger partial charge in [0, 0.05) is 22.6 Å². The molecule has 0 bridgehead atoms. The van der Waals surface area contributed by atoms with E-state index < -0.39 is 11.9 Å². The minimum absolute atomic E-state index is 0.0316. The summed E-state index contributed by atoms with van der Waals surface area (Å²) >= 11 is 0. The summed E-state index contributed by atoms with van der Waals surface area (Å²) in [6.07, 6.45) is 0. The van der Waals surface area contributed by atoms with Crippen LogP contribution in [0.15, 0.2) is 94.7 Å². The van der Waals surface area contributed by atoms with Gasteiger partial charge in [0.2, 0.25) is 11.6 Å². The maximum Gasteiger partial charge on any atom is 0.379 e. The van der Waals surface area contributed by atoms with Gasteiger partial charge in [-0.3, -0.25) is 0 Å². The second-order valence-electron chi connectivity index (χ2n) is 10.6. The number of carbonyl (C=O) groups excluding carboxylic acids is 1. The summed E-state index contributed by atoms with van der Waals surface area (Å²) in [4.78, 5) is 13.2. The van der Waals surface area contributed by atoms with Crippen molar-refractivity contribution in [3.63, 3.8) is 0 Å². The normalized spacial score (nSPS) is 14.0. The van der Waals surface area contributed by atoms with Crippen LogP contribution in [0.2, 0.25) is 0 Å². The highest BCUT2D eigenvalue weighted by Gasteiger charge is 2.32. The van der Waals surface area contributed by atoms with Crippen LogP contribution < -0.4 is 24.7 Å². The monoisotopic (exact) mass is 586 g/mol. The zero-order valence-electron chi connectivity index (χ0n) is 24.8. The first-order valence-electron chi connectivity index (χ1n) is 14.1. The number of nitrogens with zero attached hydrogens (tertiary/aromatic N) is 1.